The number of piperidine rings is 1. The second-order valence-corrected chi connectivity index (χ2v) is 8.98. The number of hydrogen-bond acceptors (Lipinski definition) is 4. The highest BCUT2D eigenvalue weighted by molar-refractivity contribution is 6.05. The van der Waals surface area contributed by atoms with Crippen molar-refractivity contribution in [2.45, 2.75) is 63.9 Å². The highest BCUT2D eigenvalue weighted by Crippen LogP contribution is 2.33. The number of nitrogens with one attached hydrogen (secondary N) is 1. The maximum atomic E-state index is 14.7. The number of fused-ring (bicyclic) bond motifs is 1. The molecule has 0 aliphatic carbocycles. The van der Waals surface area contributed by atoms with E-state index in [0.29, 0.717) is 16.7 Å². The number of aryl methyl sites for hydroxylation is 1. The average molecular weight is 470 g/mol. The van der Waals surface area contributed by atoms with Gasteiger partial charge in [-0.15, -0.1) is 0 Å². The number of carbonyl (C=O) groups excluding carboxylic acids is 4. The zero-order valence-electron chi connectivity index (χ0n) is 20.0. The van der Waals surface area contributed by atoms with Gasteiger partial charge in [0.15, 0.2) is 0 Å². The molecule has 2 aromatic rings. The molecule has 0 bridgehead atoms. The minimum absolute atomic E-state index is 0.0145. The normalized spacial score (nSPS) is 20.9. The first-order valence-corrected chi connectivity index (χ1v) is 11.2. The summed E-state index contributed by atoms with van der Waals surface area (Å²) in [6, 6.07) is 8.64. The molecular formula is C26H26F2N2O4. The van der Waals surface area contributed by atoms with Gasteiger partial charge in [-0.2, -0.15) is 8.78 Å². The lowest BCUT2D eigenvalue weighted by atomic mass is 9.95. The summed E-state index contributed by atoms with van der Waals surface area (Å²) < 4.78 is 38.0. The van der Waals surface area contributed by atoms with Gasteiger partial charge >= 0.3 is 5.92 Å². The highest BCUT2D eigenvalue weighted by Gasteiger charge is 2.41. The molecule has 0 aromatic heterocycles. The van der Waals surface area contributed by atoms with E-state index < -0.39 is 35.4 Å². The van der Waals surface area contributed by atoms with Crippen molar-refractivity contribution in [2.75, 3.05) is 0 Å². The lowest BCUT2D eigenvalue weighted by molar-refractivity contribution is -0.144. The van der Waals surface area contributed by atoms with Gasteiger partial charge in [-0.05, 0) is 41.5 Å². The van der Waals surface area contributed by atoms with Crippen LogP contribution in [0.2, 0.25) is 0 Å². The third-order valence-electron chi connectivity index (χ3n) is 6.33. The van der Waals surface area contributed by atoms with E-state index >= 15 is 0 Å². The van der Waals surface area contributed by atoms with Crippen molar-refractivity contribution in [3.05, 3.63) is 70.3 Å². The molecule has 2 aromatic carbocycles. The summed E-state index contributed by atoms with van der Waals surface area (Å²) in [5.41, 5.74) is 2.02. The predicted molar refractivity (Wildman–Crippen MR) is 120 cm³/mol. The summed E-state index contributed by atoms with van der Waals surface area (Å²) in [7, 11) is 0. The average Bonchev–Trinajstić information content (AvgIpc) is 3.16. The Hall–Kier alpha value is -3.42. The molecule has 2 heterocycles. The molecule has 0 unspecified atom stereocenters. The molecule has 1 N–H and O–H groups in total. The number of rotatable bonds is 7. The number of amides is 3. The molecule has 0 radical (unpaired) electrons. The standard InChI is InChI=1S/C26H26F2N2O4/c1-15(2)17-5-7-19(8-6-17)26(27,28)22(31)11-4-16-3-9-20-18(13-16)14-30(25(20)34)21-10-12-23(32)29-24(21)33/h3,5-9,13,15,21H,4,10-12,14H2,1-2H3,(H,29,32,33)/t21-/m0/s1/i21D. The third kappa shape index (κ3) is 4.49. The Morgan fingerprint density at radius 1 is 1.18 bits per heavy atom. The second kappa shape index (κ2) is 9.08. The van der Waals surface area contributed by atoms with Crippen LogP contribution in [0.15, 0.2) is 42.5 Å². The molecule has 2 aliphatic heterocycles. The van der Waals surface area contributed by atoms with Crippen LogP contribution in [0.25, 0.3) is 0 Å². The van der Waals surface area contributed by atoms with Gasteiger partial charge in [0, 0.05) is 30.5 Å². The Kier molecular flexibility index (Phi) is 5.98. The Bertz CT molecular complexity index is 1210. The van der Waals surface area contributed by atoms with Crippen LogP contribution in [0.3, 0.4) is 0 Å². The van der Waals surface area contributed by atoms with Gasteiger partial charge in [0.1, 0.15) is 6.02 Å². The summed E-state index contributed by atoms with van der Waals surface area (Å²) in [5, 5.41) is 2.11. The first-order chi connectivity index (χ1) is 16.4. The fraction of sp³-hybridized carbons (Fsp3) is 0.385. The summed E-state index contributed by atoms with van der Waals surface area (Å²) in [6.45, 7) is 3.90. The predicted octanol–water partition coefficient (Wildman–Crippen LogP) is 3.86. The van der Waals surface area contributed by atoms with Crippen molar-refractivity contribution < 1.29 is 29.3 Å². The van der Waals surface area contributed by atoms with Crippen molar-refractivity contribution in [2.24, 2.45) is 0 Å². The molecule has 1 saturated heterocycles. The molecule has 4 rings (SSSR count). The Morgan fingerprint density at radius 2 is 1.88 bits per heavy atom. The number of hydrogen-bond donors (Lipinski definition) is 1. The van der Waals surface area contributed by atoms with Gasteiger partial charge in [-0.25, -0.2) is 0 Å². The van der Waals surface area contributed by atoms with Crippen LogP contribution in [0.5, 0.6) is 0 Å². The zero-order chi connectivity index (χ0) is 25.5. The van der Waals surface area contributed by atoms with Crippen molar-refractivity contribution in [3.8, 4) is 0 Å². The molecule has 34 heavy (non-hydrogen) atoms. The molecule has 0 saturated carbocycles. The third-order valence-corrected chi connectivity index (χ3v) is 6.33. The Labute approximate surface area is 197 Å². The van der Waals surface area contributed by atoms with E-state index in [9.17, 15) is 28.0 Å². The van der Waals surface area contributed by atoms with E-state index in [2.05, 4.69) is 5.32 Å². The molecule has 2 aliphatic rings. The maximum absolute atomic E-state index is 14.7. The van der Waals surface area contributed by atoms with Gasteiger partial charge in [0.25, 0.3) is 5.91 Å². The number of carbonyl (C=O) groups is 4. The minimum Gasteiger partial charge on any atom is -0.322 e. The fourth-order valence-electron chi connectivity index (χ4n) is 4.27. The van der Waals surface area contributed by atoms with Crippen LogP contribution in [-0.4, -0.2) is 34.4 Å². The monoisotopic (exact) mass is 469 g/mol. The van der Waals surface area contributed by atoms with Crippen LogP contribution in [0.4, 0.5) is 8.78 Å². The van der Waals surface area contributed by atoms with Crippen molar-refractivity contribution in [1.29, 1.82) is 0 Å². The van der Waals surface area contributed by atoms with Gasteiger partial charge in [-0.3, -0.25) is 24.5 Å². The lowest BCUT2D eigenvalue weighted by Gasteiger charge is -2.29. The van der Waals surface area contributed by atoms with Gasteiger partial charge in [0.05, 0.1) is 1.37 Å². The van der Waals surface area contributed by atoms with Crippen molar-refractivity contribution in [3.63, 3.8) is 0 Å². The fourth-order valence-corrected chi connectivity index (χ4v) is 4.27. The smallest absolute Gasteiger partial charge is 0.322 e. The topological polar surface area (TPSA) is 83.6 Å². The van der Waals surface area contributed by atoms with Crippen molar-refractivity contribution in [1.82, 2.24) is 10.2 Å². The number of nitrogens with zero attached hydrogens (tertiary/aromatic N) is 1. The number of Topliss-reactive ketones (excluding diaryl/α,β-unsaturated/α-hetero) is 1. The van der Waals surface area contributed by atoms with Crippen LogP contribution in [0, 0.1) is 0 Å². The quantitative estimate of drug-likeness (QED) is 0.624. The molecular weight excluding hydrogens is 442 g/mol. The first-order valence-electron chi connectivity index (χ1n) is 11.7. The van der Waals surface area contributed by atoms with Crippen LogP contribution in [-0.2, 0) is 33.3 Å². The van der Waals surface area contributed by atoms with E-state index in [1.54, 1.807) is 24.3 Å². The zero-order valence-corrected chi connectivity index (χ0v) is 19.0. The Balaban J connectivity index is 1.44. The molecule has 1 fully saturated rings. The lowest BCUT2D eigenvalue weighted by Crippen LogP contribution is -2.52. The van der Waals surface area contributed by atoms with E-state index in [1.165, 1.54) is 18.2 Å². The summed E-state index contributed by atoms with van der Waals surface area (Å²) in [4.78, 5) is 50.1. The number of benzene rings is 2. The molecule has 178 valence electrons. The maximum Gasteiger partial charge on any atom is 0.330 e. The minimum atomic E-state index is -3.61. The number of imide groups is 1. The van der Waals surface area contributed by atoms with E-state index in [0.717, 1.165) is 10.5 Å². The summed E-state index contributed by atoms with van der Waals surface area (Å²) >= 11 is 0. The highest BCUT2D eigenvalue weighted by atomic mass is 19.3. The summed E-state index contributed by atoms with van der Waals surface area (Å²) in [6.07, 6.45) is -0.480. The number of halogens is 2. The first kappa shape index (κ1) is 22.4. The van der Waals surface area contributed by atoms with Gasteiger partial charge in [0.2, 0.25) is 17.6 Å². The van der Waals surface area contributed by atoms with Crippen LogP contribution >= 0.6 is 0 Å². The largest absolute Gasteiger partial charge is 0.330 e. The molecule has 8 heteroatoms. The van der Waals surface area contributed by atoms with Crippen molar-refractivity contribution >= 4 is 23.5 Å². The van der Waals surface area contributed by atoms with E-state index in [1.807, 2.05) is 13.8 Å². The molecule has 1 atom stereocenters. The van der Waals surface area contributed by atoms with Crippen LogP contribution in [0.1, 0.15) is 73.0 Å². The Morgan fingerprint density at radius 3 is 2.53 bits per heavy atom. The molecule has 6 nitrogen and oxygen atoms in total. The SMILES string of the molecule is [2H][C@]1(N2Cc3cc(CCC(=O)C(F)(F)c4ccc(C(C)C)cc4)ccc3C2=O)CCC(=O)NC1=O. The van der Waals surface area contributed by atoms with Gasteiger partial charge < -0.3 is 4.90 Å². The van der Waals surface area contributed by atoms with E-state index in [4.69, 9.17) is 1.37 Å². The second-order valence-electron chi connectivity index (χ2n) is 8.98. The summed E-state index contributed by atoms with van der Waals surface area (Å²) in [5.74, 6) is -6.44. The van der Waals surface area contributed by atoms with Crippen LogP contribution < -0.4 is 5.32 Å². The number of alkyl halides is 2. The molecule has 0 spiro atoms. The number of ketones is 1. The van der Waals surface area contributed by atoms with E-state index in [-0.39, 0.29) is 43.7 Å². The van der Waals surface area contributed by atoms with Gasteiger partial charge in [-0.1, -0.05) is 50.2 Å². The molecule has 3 amide bonds.